The smallest absolute Gasteiger partial charge is 0.244 e. The number of methoxy groups -OCH3 is 1. The van der Waals surface area contributed by atoms with Gasteiger partial charge in [0.05, 0.1) is 24.1 Å². The summed E-state index contributed by atoms with van der Waals surface area (Å²) in [7, 11) is -1.05. The maximum absolute atomic E-state index is 13.8. The van der Waals surface area contributed by atoms with Gasteiger partial charge in [0.2, 0.25) is 21.8 Å². The molecular formula is C27H29ClFN3O5S. The van der Waals surface area contributed by atoms with E-state index in [0.29, 0.717) is 11.3 Å². The summed E-state index contributed by atoms with van der Waals surface area (Å²) >= 11 is 6.22. The highest BCUT2D eigenvalue weighted by Crippen LogP contribution is 2.30. The predicted molar refractivity (Wildman–Crippen MR) is 145 cm³/mol. The molecule has 3 aromatic rings. The van der Waals surface area contributed by atoms with Crippen LogP contribution in [0.4, 0.5) is 10.1 Å². The second-order valence-electron chi connectivity index (χ2n) is 8.56. The van der Waals surface area contributed by atoms with E-state index in [1.54, 1.807) is 0 Å². The van der Waals surface area contributed by atoms with E-state index in [0.717, 1.165) is 16.1 Å². The number of halogens is 2. The number of rotatable bonds is 11. The minimum absolute atomic E-state index is 0.0506. The summed E-state index contributed by atoms with van der Waals surface area (Å²) in [5.41, 5.74) is 1.54. The Morgan fingerprint density at radius 3 is 2.24 bits per heavy atom. The Labute approximate surface area is 227 Å². The minimum Gasteiger partial charge on any atom is -0.495 e. The molecule has 1 atom stereocenters. The first-order valence-corrected chi connectivity index (χ1v) is 13.9. The van der Waals surface area contributed by atoms with Gasteiger partial charge >= 0.3 is 0 Å². The van der Waals surface area contributed by atoms with Gasteiger partial charge < -0.3 is 15.0 Å². The summed E-state index contributed by atoms with van der Waals surface area (Å²) in [6.07, 6.45) is 1.16. The number of nitrogens with zero attached hydrogens (tertiary/aromatic N) is 2. The molecule has 202 valence electrons. The summed E-state index contributed by atoms with van der Waals surface area (Å²) in [5, 5.41) is 2.76. The van der Waals surface area contributed by atoms with Gasteiger partial charge in [-0.05, 0) is 41.5 Å². The topological polar surface area (TPSA) is 96.0 Å². The molecule has 0 unspecified atom stereocenters. The molecule has 3 aromatic carbocycles. The molecule has 0 radical (unpaired) electrons. The lowest BCUT2D eigenvalue weighted by molar-refractivity contribution is -0.139. The largest absolute Gasteiger partial charge is 0.495 e. The zero-order valence-corrected chi connectivity index (χ0v) is 22.8. The van der Waals surface area contributed by atoms with Crippen LogP contribution in [-0.4, -0.2) is 58.1 Å². The summed E-state index contributed by atoms with van der Waals surface area (Å²) in [6, 6.07) is 18.1. The van der Waals surface area contributed by atoms with Gasteiger partial charge in [-0.25, -0.2) is 12.8 Å². The van der Waals surface area contributed by atoms with Gasteiger partial charge in [0.1, 0.15) is 24.2 Å². The van der Waals surface area contributed by atoms with Crippen molar-refractivity contribution in [1.82, 2.24) is 10.2 Å². The van der Waals surface area contributed by atoms with Crippen LogP contribution >= 0.6 is 11.6 Å². The van der Waals surface area contributed by atoms with Crippen molar-refractivity contribution < 1.29 is 27.1 Å². The van der Waals surface area contributed by atoms with Crippen LogP contribution in [0.15, 0.2) is 72.8 Å². The first-order valence-electron chi connectivity index (χ1n) is 11.6. The molecule has 0 spiro atoms. The van der Waals surface area contributed by atoms with Crippen LogP contribution in [0.25, 0.3) is 0 Å². The number of anilines is 1. The highest BCUT2D eigenvalue weighted by molar-refractivity contribution is 7.92. The Balaban J connectivity index is 2.03. The molecular weight excluding hydrogens is 533 g/mol. The molecule has 0 fully saturated rings. The number of amides is 2. The molecule has 0 aliphatic rings. The van der Waals surface area contributed by atoms with E-state index in [-0.39, 0.29) is 23.7 Å². The zero-order valence-electron chi connectivity index (χ0n) is 21.2. The Kier molecular flexibility index (Phi) is 9.71. The fourth-order valence-electron chi connectivity index (χ4n) is 3.93. The van der Waals surface area contributed by atoms with Crippen molar-refractivity contribution in [3.05, 3.63) is 94.8 Å². The zero-order chi connectivity index (χ0) is 27.9. The molecule has 2 amide bonds. The van der Waals surface area contributed by atoms with E-state index in [2.05, 4.69) is 5.32 Å². The number of hydrogen-bond acceptors (Lipinski definition) is 5. The fourth-order valence-corrected chi connectivity index (χ4v) is 5.02. The van der Waals surface area contributed by atoms with Crippen molar-refractivity contribution in [2.75, 3.05) is 31.3 Å². The summed E-state index contributed by atoms with van der Waals surface area (Å²) in [4.78, 5) is 28.2. The molecule has 38 heavy (non-hydrogen) atoms. The van der Waals surface area contributed by atoms with Crippen molar-refractivity contribution in [1.29, 1.82) is 0 Å². The van der Waals surface area contributed by atoms with Crippen LogP contribution in [0.2, 0.25) is 5.02 Å². The van der Waals surface area contributed by atoms with Crippen LogP contribution in [0.5, 0.6) is 5.75 Å². The molecule has 11 heteroatoms. The van der Waals surface area contributed by atoms with Gasteiger partial charge in [-0.15, -0.1) is 0 Å². The molecule has 8 nitrogen and oxygen atoms in total. The molecule has 0 bridgehead atoms. The average molecular weight is 562 g/mol. The van der Waals surface area contributed by atoms with Gasteiger partial charge in [0.15, 0.2) is 0 Å². The molecule has 0 aliphatic heterocycles. The second-order valence-corrected chi connectivity index (χ2v) is 10.9. The fraction of sp³-hybridized carbons (Fsp3) is 0.259. The number of ether oxygens (including phenoxy) is 1. The van der Waals surface area contributed by atoms with E-state index in [1.807, 2.05) is 30.3 Å². The van der Waals surface area contributed by atoms with Gasteiger partial charge in [-0.1, -0.05) is 54.1 Å². The standard InChI is InChI=1S/C27H29ClFN3O5S/c1-30-27(34)24(15-19-7-5-4-6-8-19)31(17-20-9-11-21(29)12-10-20)26(33)18-32(38(3,35)36)22-13-14-25(37-2)23(28)16-22/h4-14,16,24H,15,17-18H2,1-3H3,(H,30,34)/t24-/m0/s1. The van der Waals surface area contributed by atoms with E-state index in [4.69, 9.17) is 16.3 Å². The molecule has 3 rings (SSSR count). The Morgan fingerprint density at radius 1 is 1.03 bits per heavy atom. The quantitative estimate of drug-likeness (QED) is 0.386. The average Bonchev–Trinajstić information content (AvgIpc) is 2.89. The third-order valence-electron chi connectivity index (χ3n) is 5.89. The highest BCUT2D eigenvalue weighted by atomic mass is 35.5. The number of sulfonamides is 1. The summed E-state index contributed by atoms with van der Waals surface area (Å²) in [6.45, 7) is -0.643. The first-order chi connectivity index (χ1) is 18.0. The molecule has 0 aliphatic carbocycles. The molecule has 0 saturated heterocycles. The Bertz CT molecular complexity index is 1370. The number of hydrogen-bond donors (Lipinski definition) is 1. The van der Waals surface area contributed by atoms with E-state index in [9.17, 15) is 22.4 Å². The van der Waals surface area contributed by atoms with Crippen molar-refractivity contribution in [3.63, 3.8) is 0 Å². The highest BCUT2D eigenvalue weighted by Gasteiger charge is 2.32. The van der Waals surface area contributed by atoms with Crippen LogP contribution < -0.4 is 14.4 Å². The minimum atomic E-state index is -3.94. The second kappa shape index (κ2) is 12.7. The Hall–Kier alpha value is -3.63. The monoisotopic (exact) mass is 561 g/mol. The first kappa shape index (κ1) is 28.9. The van der Waals surface area contributed by atoms with Gasteiger partial charge in [-0.3, -0.25) is 13.9 Å². The lowest BCUT2D eigenvalue weighted by atomic mass is 10.0. The van der Waals surface area contributed by atoms with E-state index in [1.165, 1.54) is 61.5 Å². The molecule has 1 N–H and O–H groups in total. The lowest BCUT2D eigenvalue weighted by Gasteiger charge is -2.33. The molecule has 0 aromatic heterocycles. The third-order valence-corrected chi connectivity index (χ3v) is 7.32. The molecule has 0 heterocycles. The number of carbonyl (C=O) groups is 2. The van der Waals surface area contributed by atoms with Crippen molar-refractivity contribution >= 4 is 39.1 Å². The number of nitrogens with one attached hydrogen (secondary N) is 1. The SMILES string of the molecule is CNC(=O)[C@H](Cc1ccccc1)N(Cc1ccc(F)cc1)C(=O)CN(c1ccc(OC)c(Cl)c1)S(C)(=O)=O. The van der Waals surface area contributed by atoms with Crippen LogP contribution in [-0.2, 0) is 32.6 Å². The van der Waals surface area contributed by atoms with Gasteiger partial charge in [0.25, 0.3) is 0 Å². The maximum atomic E-state index is 13.8. The third kappa shape index (κ3) is 7.45. The summed E-state index contributed by atoms with van der Waals surface area (Å²) < 4.78 is 45.1. The van der Waals surface area contributed by atoms with Crippen LogP contribution in [0.3, 0.4) is 0 Å². The lowest BCUT2D eigenvalue weighted by Crippen LogP contribution is -2.52. The van der Waals surface area contributed by atoms with Crippen LogP contribution in [0, 0.1) is 5.82 Å². The van der Waals surface area contributed by atoms with Crippen molar-refractivity contribution in [2.45, 2.75) is 19.0 Å². The number of carbonyl (C=O) groups excluding carboxylic acids is 2. The maximum Gasteiger partial charge on any atom is 0.244 e. The Morgan fingerprint density at radius 2 is 1.68 bits per heavy atom. The number of likely N-dealkylation sites (N-methyl/N-ethyl adjacent to an activating group) is 1. The van der Waals surface area contributed by atoms with E-state index < -0.39 is 40.2 Å². The van der Waals surface area contributed by atoms with Crippen molar-refractivity contribution in [3.8, 4) is 5.75 Å². The summed E-state index contributed by atoms with van der Waals surface area (Å²) in [5.74, 6) is -1.16. The predicted octanol–water partition coefficient (Wildman–Crippen LogP) is 3.64. The molecule has 0 saturated carbocycles. The number of benzene rings is 3. The van der Waals surface area contributed by atoms with E-state index >= 15 is 0 Å². The van der Waals surface area contributed by atoms with Gasteiger partial charge in [-0.2, -0.15) is 0 Å². The van der Waals surface area contributed by atoms with Crippen LogP contribution in [0.1, 0.15) is 11.1 Å². The van der Waals surface area contributed by atoms with Crippen molar-refractivity contribution in [2.24, 2.45) is 0 Å². The normalized spacial score (nSPS) is 11.9. The van der Waals surface area contributed by atoms with Gasteiger partial charge in [0, 0.05) is 20.0 Å².